The number of aryl methyl sites for hydroxylation is 2. The third-order valence-electron chi connectivity index (χ3n) is 3.88. The molecular weight excluding hydrogens is 411 g/mol. The SMILES string of the molecule is Cc1cccc(C(CBr)(CBr)Cc2ccc(C)cc2Cl)c1. The van der Waals surface area contributed by atoms with Crippen LogP contribution in [0.15, 0.2) is 42.5 Å². The van der Waals surface area contributed by atoms with Gasteiger partial charge in [-0.1, -0.05) is 85.4 Å². The van der Waals surface area contributed by atoms with Gasteiger partial charge in [-0.3, -0.25) is 0 Å². The van der Waals surface area contributed by atoms with Crippen molar-refractivity contribution >= 4 is 43.5 Å². The second kappa shape index (κ2) is 7.30. The molecule has 0 nitrogen and oxygen atoms in total. The zero-order chi connectivity index (χ0) is 15.5. The average molecular weight is 431 g/mol. The Labute approximate surface area is 149 Å². The van der Waals surface area contributed by atoms with Gasteiger partial charge in [0.25, 0.3) is 0 Å². The lowest BCUT2D eigenvalue weighted by atomic mass is 9.78. The maximum absolute atomic E-state index is 6.44. The first-order chi connectivity index (χ1) is 10.0. The molecule has 0 heterocycles. The van der Waals surface area contributed by atoms with Crippen molar-refractivity contribution in [1.82, 2.24) is 0 Å². The molecule has 0 fully saturated rings. The van der Waals surface area contributed by atoms with Gasteiger partial charge in [-0.15, -0.1) is 0 Å². The van der Waals surface area contributed by atoms with Crippen molar-refractivity contribution in [3.63, 3.8) is 0 Å². The van der Waals surface area contributed by atoms with E-state index in [1.165, 1.54) is 22.3 Å². The number of hydrogen-bond acceptors (Lipinski definition) is 0. The molecule has 0 saturated carbocycles. The van der Waals surface area contributed by atoms with E-state index in [1.807, 2.05) is 6.07 Å². The van der Waals surface area contributed by atoms with Crippen molar-refractivity contribution in [3.05, 3.63) is 69.7 Å². The topological polar surface area (TPSA) is 0 Å². The van der Waals surface area contributed by atoms with E-state index in [4.69, 9.17) is 11.6 Å². The molecule has 0 radical (unpaired) electrons. The summed E-state index contributed by atoms with van der Waals surface area (Å²) in [5.74, 6) is 0. The van der Waals surface area contributed by atoms with E-state index in [0.717, 1.165) is 22.1 Å². The third-order valence-corrected chi connectivity index (χ3v) is 6.38. The molecule has 0 aromatic heterocycles. The summed E-state index contributed by atoms with van der Waals surface area (Å²) in [6, 6.07) is 15.1. The molecule has 0 spiro atoms. The zero-order valence-corrected chi connectivity index (χ0v) is 16.2. The molecule has 112 valence electrons. The Morgan fingerprint density at radius 1 is 0.952 bits per heavy atom. The van der Waals surface area contributed by atoms with Gasteiger partial charge in [0.2, 0.25) is 0 Å². The van der Waals surface area contributed by atoms with Crippen molar-refractivity contribution in [2.45, 2.75) is 25.7 Å². The van der Waals surface area contributed by atoms with Crippen LogP contribution in [0.3, 0.4) is 0 Å². The molecule has 21 heavy (non-hydrogen) atoms. The molecule has 0 saturated heterocycles. The Kier molecular flexibility index (Phi) is 5.93. The predicted molar refractivity (Wildman–Crippen MR) is 100 cm³/mol. The fourth-order valence-corrected chi connectivity index (χ4v) is 4.80. The first-order valence-corrected chi connectivity index (χ1v) is 9.57. The van der Waals surface area contributed by atoms with Crippen molar-refractivity contribution in [3.8, 4) is 0 Å². The molecule has 0 atom stereocenters. The molecule has 0 bridgehead atoms. The summed E-state index contributed by atoms with van der Waals surface area (Å²) in [4.78, 5) is 0. The minimum absolute atomic E-state index is 0.00488. The van der Waals surface area contributed by atoms with Gasteiger partial charge in [0.1, 0.15) is 0 Å². The minimum Gasteiger partial charge on any atom is -0.0918 e. The molecule has 2 aromatic rings. The van der Waals surface area contributed by atoms with E-state index in [0.29, 0.717) is 0 Å². The van der Waals surface area contributed by atoms with E-state index < -0.39 is 0 Å². The first-order valence-electron chi connectivity index (χ1n) is 6.95. The van der Waals surface area contributed by atoms with Crippen LogP contribution in [0.25, 0.3) is 0 Å². The molecule has 0 aliphatic heterocycles. The number of alkyl halides is 2. The summed E-state index contributed by atoms with van der Waals surface area (Å²) in [5.41, 5.74) is 5.03. The van der Waals surface area contributed by atoms with Crippen LogP contribution in [0.5, 0.6) is 0 Å². The van der Waals surface area contributed by atoms with E-state index in [-0.39, 0.29) is 5.41 Å². The maximum Gasteiger partial charge on any atom is 0.0440 e. The quantitative estimate of drug-likeness (QED) is 0.494. The van der Waals surface area contributed by atoms with E-state index in [9.17, 15) is 0 Å². The lowest BCUT2D eigenvalue weighted by molar-refractivity contribution is 0.551. The van der Waals surface area contributed by atoms with Crippen LogP contribution in [0.2, 0.25) is 5.02 Å². The molecule has 3 heteroatoms. The van der Waals surface area contributed by atoms with Crippen molar-refractivity contribution in [1.29, 1.82) is 0 Å². The van der Waals surface area contributed by atoms with Crippen LogP contribution in [-0.4, -0.2) is 10.7 Å². The Morgan fingerprint density at radius 3 is 2.19 bits per heavy atom. The second-order valence-corrected chi connectivity index (χ2v) is 7.22. The average Bonchev–Trinajstić information content (AvgIpc) is 2.47. The van der Waals surface area contributed by atoms with Crippen LogP contribution < -0.4 is 0 Å². The van der Waals surface area contributed by atoms with E-state index in [2.05, 4.69) is 82.1 Å². The molecule has 2 aromatic carbocycles. The van der Waals surface area contributed by atoms with E-state index in [1.54, 1.807) is 0 Å². The minimum atomic E-state index is 0.00488. The van der Waals surface area contributed by atoms with Crippen molar-refractivity contribution < 1.29 is 0 Å². The number of halogens is 3. The number of rotatable bonds is 5. The summed E-state index contributed by atoms with van der Waals surface area (Å²) in [6.07, 6.45) is 0.909. The van der Waals surface area contributed by atoms with Gasteiger partial charge in [-0.25, -0.2) is 0 Å². The molecule has 0 amide bonds. The highest BCUT2D eigenvalue weighted by Gasteiger charge is 2.31. The molecule has 2 rings (SSSR count). The Hall–Kier alpha value is -0.310. The maximum atomic E-state index is 6.44. The fourth-order valence-electron chi connectivity index (χ4n) is 2.52. The van der Waals surface area contributed by atoms with Crippen LogP contribution in [-0.2, 0) is 11.8 Å². The van der Waals surface area contributed by atoms with E-state index >= 15 is 0 Å². The van der Waals surface area contributed by atoms with Gasteiger partial charge in [-0.05, 0) is 43.0 Å². The van der Waals surface area contributed by atoms with Crippen LogP contribution in [0, 0.1) is 13.8 Å². The highest BCUT2D eigenvalue weighted by Crippen LogP contribution is 2.35. The van der Waals surface area contributed by atoms with Crippen LogP contribution in [0.1, 0.15) is 22.3 Å². The lowest BCUT2D eigenvalue weighted by Crippen LogP contribution is -2.33. The molecular formula is C18H19Br2Cl. The summed E-state index contributed by atoms with van der Waals surface area (Å²) in [5, 5.41) is 2.63. The Bertz CT molecular complexity index is 618. The van der Waals surface area contributed by atoms with Crippen molar-refractivity contribution in [2.24, 2.45) is 0 Å². The highest BCUT2D eigenvalue weighted by atomic mass is 79.9. The smallest absolute Gasteiger partial charge is 0.0440 e. The fraction of sp³-hybridized carbons (Fsp3) is 0.333. The summed E-state index contributed by atoms with van der Waals surface area (Å²) < 4.78 is 0. The van der Waals surface area contributed by atoms with Gasteiger partial charge in [0.05, 0.1) is 0 Å². The second-order valence-electron chi connectivity index (χ2n) is 5.69. The van der Waals surface area contributed by atoms with Crippen LogP contribution >= 0.6 is 43.5 Å². The number of benzene rings is 2. The van der Waals surface area contributed by atoms with Crippen LogP contribution in [0.4, 0.5) is 0 Å². The van der Waals surface area contributed by atoms with Gasteiger partial charge in [-0.2, -0.15) is 0 Å². The highest BCUT2D eigenvalue weighted by molar-refractivity contribution is 9.09. The monoisotopic (exact) mass is 428 g/mol. The molecule has 0 N–H and O–H groups in total. The normalized spacial score (nSPS) is 11.7. The lowest BCUT2D eigenvalue weighted by Gasteiger charge is -2.31. The van der Waals surface area contributed by atoms with Gasteiger partial charge >= 0.3 is 0 Å². The Balaban J connectivity index is 2.43. The molecule has 0 unspecified atom stereocenters. The Morgan fingerprint density at radius 2 is 1.62 bits per heavy atom. The van der Waals surface area contributed by atoms with Crippen molar-refractivity contribution in [2.75, 3.05) is 10.7 Å². The van der Waals surface area contributed by atoms with Gasteiger partial charge < -0.3 is 0 Å². The largest absolute Gasteiger partial charge is 0.0918 e. The molecule has 0 aliphatic carbocycles. The standard InChI is InChI=1S/C18H19Br2Cl/c1-13-4-3-5-16(8-13)18(11-19,12-20)10-15-7-6-14(2)9-17(15)21/h3-9H,10-12H2,1-2H3. The zero-order valence-electron chi connectivity index (χ0n) is 12.3. The van der Waals surface area contributed by atoms with Gasteiger partial charge in [0, 0.05) is 21.1 Å². The summed E-state index contributed by atoms with van der Waals surface area (Å²) in [7, 11) is 0. The third kappa shape index (κ3) is 3.91. The number of hydrogen-bond donors (Lipinski definition) is 0. The first kappa shape index (κ1) is 17.1. The predicted octanol–water partition coefficient (Wildman–Crippen LogP) is 6.23. The molecule has 0 aliphatic rings. The summed E-state index contributed by atoms with van der Waals surface area (Å²) in [6.45, 7) is 4.20. The van der Waals surface area contributed by atoms with Gasteiger partial charge in [0.15, 0.2) is 0 Å². The summed E-state index contributed by atoms with van der Waals surface area (Å²) >= 11 is 13.9.